The second-order valence-electron chi connectivity index (χ2n) is 6.68. The summed E-state index contributed by atoms with van der Waals surface area (Å²) >= 11 is 1.54. The first kappa shape index (κ1) is 19.6. The minimum absolute atomic E-state index is 0.341. The summed E-state index contributed by atoms with van der Waals surface area (Å²) in [7, 11) is 0. The number of benzene rings is 2. The van der Waals surface area contributed by atoms with Crippen LogP contribution < -0.4 is 10.2 Å². The lowest BCUT2D eigenvalue weighted by atomic mass is 10.1. The van der Waals surface area contributed by atoms with Crippen LogP contribution in [0, 0.1) is 6.92 Å². The average Bonchev–Trinajstić information content (AvgIpc) is 3.46. The van der Waals surface area contributed by atoms with Gasteiger partial charge in [-0.2, -0.15) is 10.2 Å². The molecule has 6 nitrogen and oxygen atoms in total. The number of aromatic amines is 1. The number of carbonyl (C=O) groups excluding carboxylic acids is 1. The molecule has 2 heterocycles. The molecule has 0 atom stereocenters. The Labute approximate surface area is 178 Å². The Morgan fingerprint density at radius 2 is 1.97 bits per heavy atom. The molecule has 0 aliphatic heterocycles. The van der Waals surface area contributed by atoms with Crippen molar-refractivity contribution in [3.05, 3.63) is 93.8 Å². The van der Waals surface area contributed by atoms with E-state index < -0.39 is 0 Å². The maximum Gasteiger partial charge on any atom is 0.289 e. The van der Waals surface area contributed by atoms with Crippen LogP contribution in [0.5, 0.6) is 5.75 Å². The third kappa shape index (κ3) is 5.01. The van der Waals surface area contributed by atoms with E-state index in [0.29, 0.717) is 18.0 Å². The molecule has 0 radical (unpaired) electrons. The quantitative estimate of drug-likeness (QED) is 0.336. The van der Waals surface area contributed by atoms with E-state index in [1.54, 1.807) is 23.6 Å². The van der Waals surface area contributed by atoms with Gasteiger partial charge < -0.3 is 4.74 Å². The van der Waals surface area contributed by atoms with E-state index in [1.807, 2.05) is 41.8 Å². The summed E-state index contributed by atoms with van der Waals surface area (Å²) in [6.07, 6.45) is 1.61. The Morgan fingerprint density at radius 3 is 2.70 bits per heavy atom. The maximum absolute atomic E-state index is 12.2. The first-order chi connectivity index (χ1) is 14.7. The number of aryl methyl sites for hydroxylation is 1. The zero-order valence-electron chi connectivity index (χ0n) is 16.3. The van der Waals surface area contributed by atoms with Crippen molar-refractivity contribution in [2.24, 2.45) is 5.10 Å². The highest BCUT2D eigenvalue weighted by atomic mass is 32.1. The number of aromatic nitrogens is 2. The van der Waals surface area contributed by atoms with E-state index in [-0.39, 0.29) is 5.91 Å². The van der Waals surface area contributed by atoms with Crippen LogP contribution in [0.4, 0.5) is 0 Å². The van der Waals surface area contributed by atoms with Crippen molar-refractivity contribution in [1.82, 2.24) is 15.6 Å². The molecule has 4 rings (SSSR count). The lowest BCUT2D eigenvalue weighted by molar-refractivity contribution is 0.0950. The number of nitrogens with zero attached hydrogens (tertiary/aromatic N) is 2. The van der Waals surface area contributed by atoms with Gasteiger partial charge in [-0.05, 0) is 54.3 Å². The van der Waals surface area contributed by atoms with Gasteiger partial charge >= 0.3 is 0 Å². The highest BCUT2D eigenvalue weighted by Gasteiger charge is 2.10. The fourth-order valence-electron chi connectivity index (χ4n) is 2.74. The van der Waals surface area contributed by atoms with Gasteiger partial charge in [0.1, 0.15) is 18.1 Å². The minimum atomic E-state index is -0.348. The average molecular weight is 417 g/mol. The lowest BCUT2D eigenvalue weighted by Gasteiger charge is -2.07. The van der Waals surface area contributed by atoms with Crippen LogP contribution in [0.1, 0.15) is 26.5 Å². The maximum atomic E-state index is 12.2. The Bertz CT molecular complexity index is 1130. The number of hydrogen-bond donors (Lipinski definition) is 2. The molecule has 4 aromatic rings. The second-order valence-corrected chi connectivity index (χ2v) is 7.66. The first-order valence-corrected chi connectivity index (χ1v) is 10.3. The minimum Gasteiger partial charge on any atom is -0.489 e. The second kappa shape index (κ2) is 9.19. The van der Waals surface area contributed by atoms with E-state index in [4.69, 9.17) is 4.74 Å². The Kier molecular flexibility index (Phi) is 6.01. The summed E-state index contributed by atoms with van der Waals surface area (Å²) in [4.78, 5) is 13.2. The van der Waals surface area contributed by atoms with Crippen molar-refractivity contribution in [3.8, 4) is 17.0 Å². The third-order valence-corrected chi connectivity index (χ3v) is 5.21. The zero-order valence-corrected chi connectivity index (χ0v) is 17.1. The topological polar surface area (TPSA) is 79.4 Å². The fourth-order valence-corrected chi connectivity index (χ4v) is 3.32. The van der Waals surface area contributed by atoms with Gasteiger partial charge in [0, 0.05) is 10.4 Å². The monoisotopic (exact) mass is 416 g/mol. The lowest BCUT2D eigenvalue weighted by Crippen LogP contribution is -2.17. The predicted molar refractivity (Wildman–Crippen MR) is 119 cm³/mol. The molecule has 7 heteroatoms. The number of nitrogens with one attached hydrogen (secondary N) is 2. The molecule has 1 amide bonds. The van der Waals surface area contributed by atoms with Crippen LogP contribution in [0.25, 0.3) is 11.3 Å². The molecular weight excluding hydrogens is 396 g/mol. The molecule has 0 fully saturated rings. The number of amides is 1. The molecule has 0 unspecified atom stereocenters. The van der Waals surface area contributed by atoms with Crippen LogP contribution in [0.2, 0.25) is 0 Å². The molecule has 0 saturated heterocycles. The molecule has 0 bridgehead atoms. The standard InChI is InChI=1S/C23H20N4O2S/c1-16-4-6-17(7-5-16)15-29-19-10-8-18(9-11-19)21-13-22(26-25-21)23(28)27-24-14-20-3-2-12-30-20/h2-14H,15H2,1H3,(H,25,26)(H,27,28)/b24-14+. The molecule has 2 aromatic heterocycles. The van der Waals surface area contributed by atoms with Crippen molar-refractivity contribution < 1.29 is 9.53 Å². The summed E-state index contributed by atoms with van der Waals surface area (Å²) < 4.78 is 5.83. The number of rotatable bonds is 7. The van der Waals surface area contributed by atoms with Gasteiger partial charge in [-0.15, -0.1) is 11.3 Å². The molecule has 150 valence electrons. The molecule has 30 heavy (non-hydrogen) atoms. The van der Waals surface area contributed by atoms with E-state index in [9.17, 15) is 4.79 Å². The van der Waals surface area contributed by atoms with Crippen LogP contribution in [0.15, 0.2) is 77.2 Å². The van der Waals surface area contributed by atoms with Crippen LogP contribution >= 0.6 is 11.3 Å². The summed E-state index contributed by atoms with van der Waals surface area (Å²) in [5, 5.41) is 12.9. The van der Waals surface area contributed by atoms with E-state index in [0.717, 1.165) is 21.8 Å². The number of hydrazone groups is 1. The van der Waals surface area contributed by atoms with E-state index in [1.165, 1.54) is 5.56 Å². The van der Waals surface area contributed by atoms with Gasteiger partial charge in [-0.1, -0.05) is 35.9 Å². The highest BCUT2D eigenvalue weighted by molar-refractivity contribution is 7.11. The normalized spacial score (nSPS) is 11.0. The van der Waals surface area contributed by atoms with Gasteiger partial charge in [0.05, 0.1) is 11.9 Å². The summed E-state index contributed by atoms with van der Waals surface area (Å²) in [6.45, 7) is 2.57. The van der Waals surface area contributed by atoms with Crippen LogP contribution in [-0.2, 0) is 6.61 Å². The highest BCUT2D eigenvalue weighted by Crippen LogP contribution is 2.22. The molecule has 0 aliphatic rings. The van der Waals surface area contributed by atoms with E-state index >= 15 is 0 Å². The van der Waals surface area contributed by atoms with Gasteiger partial charge in [0.15, 0.2) is 0 Å². The van der Waals surface area contributed by atoms with Crippen LogP contribution in [0.3, 0.4) is 0 Å². The third-order valence-electron chi connectivity index (χ3n) is 4.40. The van der Waals surface area contributed by atoms with Crippen molar-refractivity contribution in [2.75, 3.05) is 0 Å². The number of H-pyrrole nitrogens is 1. The van der Waals surface area contributed by atoms with Gasteiger partial charge in [0.2, 0.25) is 0 Å². The molecular formula is C23H20N4O2S. The molecule has 2 aromatic carbocycles. The van der Waals surface area contributed by atoms with Crippen molar-refractivity contribution in [2.45, 2.75) is 13.5 Å². The first-order valence-electron chi connectivity index (χ1n) is 9.38. The van der Waals surface area contributed by atoms with Gasteiger partial charge in [-0.25, -0.2) is 5.43 Å². The van der Waals surface area contributed by atoms with Crippen molar-refractivity contribution >= 4 is 23.5 Å². The SMILES string of the molecule is Cc1ccc(COc2ccc(-c3cc(C(=O)N/N=C/c4cccs4)[nH]n3)cc2)cc1. The Balaban J connectivity index is 1.34. The van der Waals surface area contributed by atoms with Crippen molar-refractivity contribution in [3.63, 3.8) is 0 Å². The Hall–Kier alpha value is -3.71. The van der Waals surface area contributed by atoms with Gasteiger partial charge in [-0.3, -0.25) is 9.89 Å². The van der Waals surface area contributed by atoms with Gasteiger partial charge in [0.25, 0.3) is 5.91 Å². The number of thiophene rings is 1. The fraction of sp³-hybridized carbons (Fsp3) is 0.0870. The summed E-state index contributed by atoms with van der Waals surface area (Å²) in [5.41, 5.74) is 6.74. The number of carbonyl (C=O) groups is 1. The molecule has 0 saturated carbocycles. The van der Waals surface area contributed by atoms with E-state index in [2.05, 4.69) is 51.9 Å². The summed E-state index contributed by atoms with van der Waals surface area (Å²) in [5.74, 6) is 0.426. The smallest absolute Gasteiger partial charge is 0.289 e. The Morgan fingerprint density at radius 1 is 1.17 bits per heavy atom. The largest absolute Gasteiger partial charge is 0.489 e. The predicted octanol–water partition coefficient (Wildman–Crippen LogP) is 4.79. The van der Waals surface area contributed by atoms with Crippen LogP contribution in [-0.4, -0.2) is 22.3 Å². The summed E-state index contributed by atoms with van der Waals surface area (Å²) in [6, 6.07) is 21.4. The van der Waals surface area contributed by atoms with Crippen molar-refractivity contribution in [1.29, 1.82) is 0 Å². The molecule has 0 aliphatic carbocycles. The molecule has 2 N–H and O–H groups in total. The number of ether oxygens (including phenoxy) is 1. The number of hydrogen-bond acceptors (Lipinski definition) is 5. The zero-order chi connectivity index (χ0) is 20.8. The molecule has 0 spiro atoms.